The lowest BCUT2D eigenvalue weighted by Crippen LogP contribution is -2.12. The molecule has 0 aliphatic rings. The summed E-state index contributed by atoms with van der Waals surface area (Å²) in [4.78, 5) is 12.8. The highest BCUT2D eigenvalue weighted by Crippen LogP contribution is 2.20. The van der Waals surface area contributed by atoms with Crippen molar-refractivity contribution >= 4 is 22.9 Å². The number of carbonyl (C=O) groups is 1. The van der Waals surface area contributed by atoms with Crippen molar-refractivity contribution in [2.45, 2.75) is 13.3 Å². The van der Waals surface area contributed by atoms with Gasteiger partial charge in [-0.3, -0.25) is 4.79 Å². The van der Waals surface area contributed by atoms with Crippen LogP contribution in [0.4, 0.5) is 5.69 Å². The van der Waals surface area contributed by atoms with Crippen LogP contribution in [0.2, 0.25) is 0 Å². The smallest absolute Gasteiger partial charge is 0.266 e. The highest BCUT2D eigenvalue weighted by molar-refractivity contribution is 7.12. The molecule has 3 nitrogen and oxygen atoms in total. The third-order valence-electron chi connectivity index (χ3n) is 2.63. The Morgan fingerprint density at radius 3 is 2.89 bits per heavy atom. The molecule has 0 aliphatic carbocycles. The molecule has 0 atom stereocenters. The maximum absolute atomic E-state index is 12.1. The van der Waals surface area contributed by atoms with Crippen LogP contribution in [0.3, 0.4) is 0 Å². The Kier molecular flexibility index (Phi) is 3.75. The van der Waals surface area contributed by atoms with Gasteiger partial charge in [0, 0.05) is 0 Å². The topological polar surface area (TPSA) is 52.9 Å². The van der Waals surface area contributed by atoms with E-state index in [1.54, 1.807) is 24.3 Å². The lowest BCUT2D eigenvalue weighted by molar-refractivity contribution is 0.103. The first-order valence-electron chi connectivity index (χ1n) is 5.63. The second-order valence-electron chi connectivity index (χ2n) is 3.74. The lowest BCUT2D eigenvalue weighted by atomic mass is 10.1. The molecule has 0 fully saturated rings. The molecule has 0 unspecified atom stereocenters. The maximum atomic E-state index is 12.1. The molecule has 1 heterocycles. The molecule has 0 bridgehead atoms. The first-order chi connectivity index (χ1) is 8.76. The Balaban J connectivity index is 2.25. The summed E-state index contributed by atoms with van der Waals surface area (Å²) in [6.45, 7) is 2.02. The third kappa shape index (κ3) is 2.41. The molecule has 18 heavy (non-hydrogen) atoms. The number of nitrogens with one attached hydrogen (secondary N) is 1. The molecule has 0 aliphatic heterocycles. The van der Waals surface area contributed by atoms with Gasteiger partial charge in [0.25, 0.3) is 5.91 Å². The van der Waals surface area contributed by atoms with Crippen LogP contribution in [0.15, 0.2) is 35.7 Å². The van der Waals surface area contributed by atoms with Crippen molar-refractivity contribution in [2.75, 3.05) is 5.32 Å². The van der Waals surface area contributed by atoms with Crippen molar-refractivity contribution < 1.29 is 4.79 Å². The molecule has 1 aromatic heterocycles. The minimum Gasteiger partial charge on any atom is -0.320 e. The Morgan fingerprint density at radius 1 is 1.39 bits per heavy atom. The standard InChI is InChI=1S/C14H12N2OS/c1-2-10-7-8-18-13(10)14(17)16-12-6-4-3-5-11(12)9-15/h3-8H,2H2,1H3,(H,16,17). The molecule has 2 rings (SSSR count). The summed E-state index contributed by atoms with van der Waals surface area (Å²) in [6, 6.07) is 11.0. The van der Waals surface area contributed by atoms with Crippen LogP contribution >= 0.6 is 11.3 Å². The number of nitriles is 1. The zero-order chi connectivity index (χ0) is 13.0. The SMILES string of the molecule is CCc1ccsc1C(=O)Nc1ccccc1C#N. The first kappa shape index (κ1) is 12.3. The van der Waals surface area contributed by atoms with Crippen LogP contribution < -0.4 is 5.32 Å². The molecule has 0 saturated carbocycles. The number of nitrogens with zero attached hydrogens (tertiary/aromatic N) is 1. The zero-order valence-corrected chi connectivity index (χ0v) is 10.8. The number of anilines is 1. The van der Waals surface area contributed by atoms with Gasteiger partial charge in [-0.25, -0.2) is 0 Å². The Bertz CT molecular complexity index is 610. The molecule has 0 radical (unpaired) electrons. The first-order valence-corrected chi connectivity index (χ1v) is 6.51. The zero-order valence-electron chi connectivity index (χ0n) is 9.93. The van der Waals surface area contributed by atoms with Gasteiger partial charge in [0.05, 0.1) is 16.1 Å². The number of benzene rings is 1. The van der Waals surface area contributed by atoms with Crippen LogP contribution in [-0.2, 0) is 6.42 Å². The summed E-state index contributed by atoms with van der Waals surface area (Å²) >= 11 is 1.42. The van der Waals surface area contributed by atoms with Crippen LogP contribution in [0.25, 0.3) is 0 Å². The predicted octanol–water partition coefficient (Wildman–Crippen LogP) is 3.43. The predicted molar refractivity (Wildman–Crippen MR) is 72.8 cm³/mol. The van der Waals surface area contributed by atoms with Crippen LogP contribution in [0, 0.1) is 11.3 Å². The van der Waals surface area contributed by atoms with Gasteiger partial charge in [0.2, 0.25) is 0 Å². The highest BCUT2D eigenvalue weighted by atomic mass is 32.1. The summed E-state index contributed by atoms with van der Waals surface area (Å²) in [6.07, 6.45) is 0.826. The maximum Gasteiger partial charge on any atom is 0.266 e. The van der Waals surface area contributed by atoms with Gasteiger partial charge in [-0.05, 0) is 35.6 Å². The number of hydrogen-bond acceptors (Lipinski definition) is 3. The van der Waals surface area contributed by atoms with Gasteiger partial charge >= 0.3 is 0 Å². The van der Waals surface area contributed by atoms with E-state index in [0.29, 0.717) is 16.1 Å². The van der Waals surface area contributed by atoms with E-state index < -0.39 is 0 Å². The van der Waals surface area contributed by atoms with Crippen molar-refractivity contribution in [3.63, 3.8) is 0 Å². The average molecular weight is 256 g/mol. The number of aryl methyl sites for hydroxylation is 1. The summed E-state index contributed by atoms with van der Waals surface area (Å²) < 4.78 is 0. The quantitative estimate of drug-likeness (QED) is 0.914. The van der Waals surface area contributed by atoms with Gasteiger partial charge in [-0.15, -0.1) is 11.3 Å². The fraction of sp³-hybridized carbons (Fsp3) is 0.143. The molecule has 90 valence electrons. The van der Waals surface area contributed by atoms with Crippen LogP contribution in [0.1, 0.15) is 27.7 Å². The Morgan fingerprint density at radius 2 is 2.17 bits per heavy atom. The molecule has 2 aromatic rings. The van der Waals surface area contributed by atoms with E-state index in [4.69, 9.17) is 5.26 Å². The van der Waals surface area contributed by atoms with Crippen molar-refractivity contribution in [2.24, 2.45) is 0 Å². The van der Waals surface area contributed by atoms with Gasteiger partial charge in [-0.2, -0.15) is 5.26 Å². The molecular formula is C14H12N2OS. The van der Waals surface area contributed by atoms with E-state index in [1.165, 1.54) is 11.3 Å². The minimum atomic E-state index is -0.149. The van der Waals surface area contributed by atoms with Crippen molar-refractivity contribution in [1.29, 1.82) is 5.26 Å². The molecular weight excluding hydrogens is 244 g/mol. The van der Waals surface area contributed by atoms with E-state index >= 15 is 0 Å². The molecule has 0 saturated heterocycles. The van der Waals surface area contributed by atoms with Crippen molar-refractivity contribution in [1.82, 2.24) is 0 Å². The molecule has 1 aromatic carbocycles. The monoisotopic (exact) mass is 256 g/mol. The summed E-state index contributed by atoms with van der Waals surface area (Å²) in [5, 5.41) is 13.7. The van der Waals surface area contributed by atoms with Crippen LogP contribution in [-0.4, -0.2) is 5.91 Å². The molecule has 0 spiro atoms. The fourth-order valence-corrected chi connectivity index (χ4v) is 2.57. The lowest BCUT2D eigenvalue weighted by Gasteiger charge is -2.06. The number of amides is 1. The molecule has 4 heteroatoms. The van der Waals surface area contributed by atoms with E-state index in [0.717, 1.165) is 12.0 Å². The number of hydrogen-bond donors (Lipinski definition) is 1. The summed E-state index contributed by atoms with van der Waals surface area (Å²) in [5.41, 5.74) is 2.06. The second-order valence-corrected chi connectivity index (χ2v) is 4.66. The van der Waals surface area contributed by atoms with Gasteiger partial charge < -0.3 is 5.32 Å². The van der Waals surface area contributed by atoms with Crippen molar-refractivity contribution in [3.05, 3.63) is 51.7 Å². The number of thiophene rings is 1. The van der Waals surface area contributed by atoms with E-state index in [1.807, 2.05) is 18.4 Å². The van der Waals surface area contributed by atoms with Crippen LogP contribution in [0.5, 0.6) is 0 Å². The summed E-state index contributed by atoms with van der Waals surface area (Å²) in [7, 11) is 0. The minimum absolute atomic E-state index is 0.149. The average Bonchev–Trinajstić information content (AvgIpc) is 2.87. The molecule has 1 amide bonds. The number of para-hydroxylation sites is 1. The van der Waals surface area contributed by atoms with E-state index in [-0.39, 0.29) is 5.91 Å². The number of carbonyl (C=O) groups excluding carboxylic acids is 1. The second kappa shape index (κ2) is 5.48. The summed E-state index contributed by atoms with van der Waals surface area (Å²) in [5.74, 6) is -0.149. The molecule has 1 N–H and O–H groups in total. The van der Waals surface area contributed by atoms with E-state index in [9.17, 15) is 4.79 Å². The Hall–Kier alpha value is -2.12. The third-order valence-corrected chi connectivity index (χ3v) is 3.59. The Labute approximate surface area is 110 Å². The van der Waals surface area contributed by atoms with Gasteiger partial charge in [-0.1, -0.05) is 19.1 Å². The van der Waals surface area contributed by atoms with Gasteiger partial charge in [0.1, 0.15) is 6.07 Å². The fourth-order valence-electron chi connectivity index (χ4n) is 1.68. The van der Waals surface area contributed by atoms with Gasteiger partial charge in [0.15, 0.2) is 0 Å². The largest absolute Gasteiger partial charge is 0.320 e. The highest BCUT2D eigenvalue weighted by Gasteiger charge is 2.13. The number of rotatable bonds is 3. The van der Waals surface area contributed by atoms with Crippen molar-refractivity contribution in [3.8, 4) is 6.07 Å². The van der Waals surface area contributed by atoms with E-state index in [2.05, 4.69) is 11.4 Å². The normalized spacial score (nSPS) is 9.78.